The van der Waals surface area contributed by atoms with E-state index in [4.69, 9.17) is 37.3 Å². The zero-order valence-electron chi connectivity index (χ0n) is 20.4. The predicted octanol–water partition coefficient (Wildman–Crippen LogP) is 7.61. The number of fused-ring (bicyclic) bond motifs is 1. The molecule has 0 saturated carbocycles. The quantitative estimate of drug-likeness (QED) is 0.176. The number of aromatic nitrogens is 1. The number of ether oxygens (including phenoxy) is 1. The van der Waals surface area contributed by atoms with E-state index in [1.165, 1.54) is 0 Å². The van der Waals surface area contributed by atoms with Crippen LogP contribution >= 0.6 is 23.2 Å². The number of benzene rings is 3. The fourth-order valence-electron chi connectivity index (χ4n) is 3.98. The number of carbonyl (C=O) groups excluding carboxylic acids is 1. The smallest absolute Gasteiger partial charge is 0.251 e. The number of hydrogen-bond donors (Lipinski definition) is 2. The maximum Gasteiger partial charge on any atom is 0.251 e. The van der Waals surface area contributed by atoms with E-state index in [-0.39, 0.29) is 5.91 Å². The first kappa shape index (κ1) is 25.6. The van der Waals surface area contributed by atoms with Gasteiger partial charge in [0.25, 0.3) is 5.91 Å². The normalized spacial score (nSPS) is 10.9. The number of hydrogen-bond acceptors (Lipinski definition) is 5. The maximum atomic E-state index is 12.3. The van der Waals surface area contributed by atoms with Crippen molar-refractivity contribution >= 4 is 45.8 Å². The number of rotatable bonds is 10. The van der Waals surface area contributed by atoms with Crippen LogP contribution in [0.5, 0.6) is 5.75 Å². The third-order valence-corrected chi connectivity index (χ3v) is 6.44. The minimum absolute atomic E-state index is 0.161. The summed E-state index contributed by atoms with van der Waals surface area (Å²) in [5.74, 6) is 2.72. The van der Waals surface area contributed by atoms with E-state index in [0.717, 1.165) is 28.0 Å². The summed E-state index contributed by atoms with van der Waals surface area (Å²) in [4.78, 5) is 17.0. The van der Waals surface area contributed by atoms with Gasteiger partial charge < -0.3 is 19.8 Å². The summed E-state index contributed by atoms with van der Waals surface area (Å²) in [6, 6.07) is 28.0. The lowest BCUT2D eigenvalue weighted by Gasteiger charge is -2.11. The van der Waals surface area contributed by atoms with Crippen molar-refractivity contribution in [3.63, 3.8) is 0 Å². The number of halogens is 2. The molecule has 2 heterocycles. The summed E-state index contributed by atoms with van der Waals surface area (Å²) in [6.45, 7) is 1.39. The number of furan rings is 1. The van der Waals surface area contributed by atoms with Gasteiger partial charge in [-0.05, 0) is 67.1 Å². The molecule has 0 saturated heterocycles. The van der Waals surface area contributed by atoms with Gasteiger partial charge in [0.05, 0.1) is 18.2 Å². The van der Waals surface area contributed by atoms with Crippen LogP contribution in [-0.4, -0.2) is 24.0 Å². The van der Waals surface area contributed by atoms with Crippen LogP contribution in [0.3, 0.4) is 0 Å². The highest BCUT2D eigenvalue weighted by molar-refractivity contribution is 6.33. The molecule has 8 heteroatoms. The second kappa shape index (κ2) is 12.0. The first-order valence-electron chi connectivity index (χ1n) is 12.2. The van der Waals surface area contributed by atoms with Gasteiger partial charge in [0, 0.05) is 28.1 Å². The number of anilines is 1. The molecule has 0 aliphatic carbocycles. The maximum absolute atomic E-state index is 12.3. The molecule has 2 N–H and O–H groups in total. The molecule has 0 unspecified atom stereocenters. The van der Waals surface area contributed by atoms with Crippen molar-refractivity contribution in [1.29, 1.82) is 0 Å². The molecule has 5 rings (SSSR count). The Bertz CT molecular complexity index is 1570. The Kier molecular flexibility index (Phi) is 8.12. The third kappa shape index (κ3) is 6.28. The highest BCUT2D eigenvalue weighted by Gasteiger charge is 2.10. The Hall–Kier alpha value is -4.00. The average molecular weight is 546 g/mol. The molecule has 6 nitrogen and oxygen atoms in total. The van der Waals surface area contributed by atoms with E-state index in [1.54, 1.807) is 24.3 Å². The largest absolute Gasteiger partial charge is 0.491 e. The van der Waals surface area contributed by atoms with Crippen LogP contribution in [-0.2, 0) is 6.54 Å². The monoisotopic (exact) mass is 545 g/mol. The molecule has 192 valence electrons. The van der Waals surface area contributed by atoms with Crippen LogP contribution in [0.15, 0.2) is 95.4 Å². The first-order valence-corrected chi connectivity index (χ1v) is 13.0. The predicted molar refractivity (Wildman–Crippen MR) is 152 cm³/mol. The Morgan fingerprint density at radius 3 is 2.66 bits per heavy atom. The summed E-state index contributed by atoms with van der Waals surface area (Å²) >= 11 is 12.2. The number of amides is 1. The first-order chi connectivity index (χ1) is 18.6. The SMILES string of the molecule is O=C(NCCCOc1cccc2ccc(NCc3ccc(-c4ccccc4Cl)o3)nc12)c1cccc(Cl)c1. The zero-order chi connectivity index (χ0) is 26.3. The minimum Gasteiger partial charge on any atom is -0.491 e. The van der Waals surface area contributed by atoms with Crippen molar-refractivity contribution in [2.24, 2.45) is 0 Å². The van der Waals surface area contributed by atoms with Crippen LogP contribution in [0.2, 0.25) is 10.0 Å². The number of pyridine rings is 1. The van der Waals surface area contributed by atoms with Crippen LogP contribution in [0, 0.1) is 0 Å². The Labute approximate surface area is 230 Å². The lowest BCUT2D eigenvalue weighted by Crippen LogP contribution is -2.25. The van der Waals surface area contributed by atoms with Crippen molar-refractivity contribution in [2.45, 2.75) is 13.0 Å². The van der Waals surface area contributed by atoms with Gasteiger partial charge in [0.1, 0.15) is 28.6 Å². The topological polar surface area (TPSA) is 76.4 Å². The molecule has 0 aliphatic rings. The van der Waals surface area contributed by atoms with Crippen molar-refractivity contribution in [1.82, 2.24) is 10.3 Å². The van der Waals surface area contributed by atoms with Crippen molar-refractivity contribution in [3.8, 4) is 17.1 Å². The van der Waals surface area contributed by atoms with Crippen molar-refractivity contribution in [3.05, 3.63) is 112 Å². The Balaban J connectivity index is 1.17. The number of nitrogens with one attached hydrogen (secondary N) is 2. The summed E-state index contributed by atoms with van der Waals surface area (Å²) < 4.78 is 12.0. The molecule has 1 amide bonds. The number of carbonyl (C=O) groups is 1. The molecule has 2 aromatic heterocycles. The lowest BCUT2D eigenvalue weighted by atomic mass is 10.2. The van der Waals surface area contributed by atoms with Gasteiger partial charge in [-0.3, -0.25) is 4.79 Å². The van der Waals surface area contributed by atoms with Gasteiger partial charge >= 0.3 is 0 Å². The van der Waals surface area contributed by atoms with Crippen LogP contribution in [0.4, 0.5) is 5.82 Å². The molecule has 3 aromatic carbocycles. The van der Waals surface area contributed by atoms with Gasteiger partial charge in [-0.2, -0.15) is 0 Å². The van der Waals surface area contributed by atoms with E-state index in [0.29, 0.717) is 53.3 Å². The van der Waals surface area contributed by atoms with Gasteiger partial charge in [-0.1, -0.05) is 53.5 Å². The Morgan fingerprint density at radius 2 is 1.79 bits per heavy atom. The van der Waals surface area contributed by atoms with Crippen LogP contribution in [0.25, 0.3) is 22.2 Å². The third-order valence-electron chi connectivity index (χ3n) is 5.88. The molecule has 38 heavy (non-hydrogen) atoms. The van der Waals surface area contributed by atoms with Gasteiger partial charge in [-0.25, -0.2) is 4.98 Å². The summed E-state index contributed by atoms with van der Waals surface area (Å²) in [6.07, 6.45) is 0.646. The highest BCUT2D eigenvalue weighted by Crippen LogP contribution is 2.30. The van der Waals surface area contributed by atoms with E-state index < -0.39 is 0 Å². The van der Waals surface area contributed by atoms with Gasteiger partial charge in [0.15, 0.2) is 0 Å². The van der Waals surface area contributed by atoms with Gasteiger partial charge in [0.2, 0.25) is 0 Å². The molecule has 0 spiro atoms. The van der Waals surface area contributed by atoms with Crippen LogP contribution < -0.4 is 15.4 Å². The molecule has 0 radical (unpaired) electrons. The molecular weight excluding hydrogens is 521 g/mol. The lowest BCUT2D eigenvalue weighted by molar-refractivity contribution is 0.0951. The van der Waals surface area contributed by atoms with Gasteiger partial charge in [-0.15, -0.1) is 0 Å². The summed E-state index contributed by atoms with van der Waals surface area (Å²) in [5, 5.41) is 8.36. The number of nitrogens with zero attached hydrogens (tertiary/aromatic N) is 1. The van der Waals surface area contributed by atoms with Crippen molar-refractivity contribution < 1.29 is 13.9 Å². The fourth-order valence-corrected chi connectivity index (χ4v) is 4.40. The van der Waals surface area contributed by atoms with E-state index in [1.807, 2.05) is 66.7 Å². The van der Waals surface area contributed by atoms with E-state index in [2.05, 4.69) is 10.6 Å². The highest BCUT2D eigenvalue weighted by atomic mass is 35.5. The molecule has 0 aliphatic heterocycles. The second-order valence-corrected chi connectivity index (χ2v) is 9.44. The van der Waals surface area contributed by atoms with Crippen molar-refractivity contribution in [2.75, 3.05) is 18.5 Å². The molecule has 0 fully saturated rings. The molecule has 5 aromatic rings. The summed E-state index contributed by atoms with van der Waals surface area (Å²) in [7, 11) is 0. The fraction of sp³-hybridized carbons (Fsp3) is 0.133. The molecule has 0 atom stereocenters. The Morgan fingerprint density at radius 1 is 0.921 bits per heavy atom. The second-order valence-electron chi connectivity index (χ2n) is 8.59. The number of para-hydroxylation sites is 1. The molecular formula is C30H25Cl2N3O3. The van der Waals surface area contributed by atoms with E-state index in [9.17, 15) is 4.79 Å². The van der Waals surface area contributed by atoms with Crippen LogP contribution in [0.1, 0.15) is 22.5 Å². The minimum atomic E-state index is -0.161. The van der Waals surface area contributed by atoms with E-state index >= 15 is 0 Å². The average Bonchev–Trinajstić information content (AvgIpc) is 3.40. The summed E-state index contributed by atoms with van der Waals surface area (Å²) in [5.41, 5.74) is 2.15. The zero-order valence-corrected chi connectivity index (χ0v) is 21.9. The standard InChI is InChI=1S/C30H25Cl2N3O3/c31-22-8-3-7-21(18-22)30(36)33-16-5-17-37-27-11-4-6-20-12-15-28(35-29(20)27)34-19-23-13-14-26(38-23)24-9-1-2-10-25(24)32/h1-4,6-15,18H,5,16-17,19H2,(H,33,36)(H,34,35). The molecule has 0 bridgehead atoms.